The van der Waals surface area contributed by atoms with Crippen molar-refractivity contribution in [3.05, 3.63) is 30.0 Å². The molecule has 1 aromatic carbocycles. The normalized spacial score (nSPS) is 31.3. The second-order valence-electron chi connectivity index (χ2n) is 7.10. The Labute approximate surface area is 126 Å². The van der Waals surface area contributed by atoms with Crippen LogP contribution in [-0.4, -0.2) is 16.3 Å². The number of rotatable bonds is 4. The van der Waals surface area contributed by atoms with Crippen LogP contribution in [0.4, 0.5) is 0 Å². The third-order valence-corrected chi connectivity index (χ3v) is 6.06. The maximum Gasteiger partial charge on any atom is 0.0709 e. The summed E-state index contributed by atoms with van der Waals surface area (Å²) in [6.07, 6.45) is 6.61. The van der Waals surface area contributed by atoms with Gasteiger partial charge in [0, 0.05) is 11.9 Å². The largest absolute Gasteiger partial charge is 0.330 e. The van der Waals surface area contributed by atoms with Crippen LogP contribution in [-0.2, 0) is 13.0 Å². The first-order valence-corrected chi connectivity index (χ1v) is 8.40. The number of nitrogens with two attached hydrogens (primary N) is 1. The molecule has 21 heavy (non-hydrogen) atoms. The van der Waals surface area contributed by atoms with Crippen molar-refractivity contribution in [3.63, 3.8) is 0 Å². The SMILES string of the molecule is CCn1nc(CC2(CN)CC3CCC2C3)c2ccccc21. The predicted molar refractivity (Wildman–Crippen MR) is 86.0 cm³/mol. The van der Waals surface area contributed by atoms with Gasteiger partial charge in [0.05, 0.1) is 11.2 Å². The highest BCUT2D eigenvalue weighted by Crippen LogP contribution is 2.56. The molecule has 0 aliphatic heterocycles. The van der Waals surface area contributed by atoms with E-state index < -0.39 is 0 Å². The van der Waals surface area contributed by atoms with Gasteiger partial charge in [-0.05, 0) is 62.5 Å². The molecule has 2 fully saturated rings. The summed E-state index contributed by atoms with van der Waals surface area (Å²) in [5, 5.41) is 6.24. The van der Waals surface area contributed by atoms with Crippen LogP contribution in [0.2, 0.25) is 0 Å². The molecule has 0 spiro atoms. The van der Waals surface area contributed by atoms with Gasteiger partial charge in [0.15, 0.2) is 0 Å². The minimum atomic E-state index is 0.318. The number of hydrogen-bond acceptors (Lipinski definition) is 2. The van der Waals surface area contributed by atoms with Gasteiger partial charge in [0.1, 0.15) is 0 Å². The minimum Gasteiger partial charge on any atom is -0.330 e. The van der Waals surface area contributed by atoms with Crippen molar-refractivity contribution < 1.29 is 0 Å². The molecule has 1 aromatic heterocycles. The van der Waals surface area contributed by atoms with Gasteiger partial charge in [-0.3, -0.25) is 4.68 Å². The maximum absolute atomic E-state index is 6.25. The number of benzene rings is 1. The summed E-state index contributed by atoms with van der Waals surface area (Å²) in [5.41, 5.74) is 9.11. The van der Waals surface area contributed by atoms with Crippen molar-refractivity contribution in [1.82, 2.24) is 9.78 Å². The van der Waals surface area contributed by atoms with Gasteiger partial charge in [0.25, 0.3) is 0 Å². The Kier molecular flexibility index (Phi) is 3.07. The van der Waals surface area contributed by atoms with Gasteiger partial charge in [-0.25, -0.2) is 0 Å². The third-order valence-electron chi connectivity index (χ3n) is 6.06. The predicted octanol–water partition coefficient (Wildman–Crippen LogP) is 3.36. The summed E-state index contributed by atoms with van der Waals surface area (Å²) >= 11 is 0. The smallest absolute Gasteiger partial charge is 0.0709 e. The zero-order chi connectivity index (χ0) is 14.4. The molecule has 2 aromatic rings. The third kappa shape index (κ3) is 1.94. The Morgan fingerprint density at radius 3 is 2.86 bits per heavy atom. The quantitative estimate of drug-likeness (QED) is 0.935. The van der Waals surface area contributed by atoms with E-state index in [1.807, 2.05) is 0 Å². The Hall–Kier alpha value is -1.35. The topological polar surface area (TPSA) is 43.8 Å². The van der Waals surface area contributed by atoms with Crippen LogP contribution in [0.25, 0.3) is 10.9 Å². The van der Waals surface area contributed by atoms with Gasteiger partial charge >= 0.3 is 0 Å². The summed E-state index contributed by atoms with van der Waals surface area (Å²) in [6.45, 7) is 3.92. The number of aryl methyl sites for hydroxylation is 1. The van der Waals surface area contributed by atoms with Crippen LogP contribution in [0.15, 0.2) is 24.3 Å². The average molecular weight is 283 g/mol. The van der Waals surface area contributed by atoms with Crippen LogP contribution in [0.5, 0.6) is 0 Å². The molecule has 112 valence electrons. The first-order chi connectivity index (χ1) is 10.3. The fourth-order valence-electron chi connectivity index (χ4n) is 5.00. The summed E-state index contributed by atoms with van der Waals surface area (Å²) < 4.78 is 2.14. The van der Waals surface area contributed by atoms with E-state index >= 15 is 0 Å². The van der Waals surface area contributed by atoms with E-state index in [9.17, 15) is 0 Å². The van der Waals surface area contributed by atoms with Crippen molar-refractivity contribution in [2.24, 2.45) is 23.0 Å². The highest BCUT2D eigenvalue weighted by atomic mass is 15.3. The van der Waals surface area contributed by atoms with E-state index in [4.69, 9.17) is 10.8 Å². The van der Waals surface area contributed by atoms with Gasteiger partial charge in [-0.15, -0.1) is 0 Å². The molecular formula is C18H25N3. The summed E-state index contributed by atoms with van der Waals surface area (Å²) in [5.74, 6) is 1.76. The molecule has 2 aliphatic rings. The number of hydrogen-bond donors (Lipinski definition) is 1. The molecule has 3 unspecified atom stereocenters. The average Bonchev–Trinajstić information content (AvgIpc) is 3.21. The maximum atomic E-state index is 6.25. The zero-order valence-electron chi connectivity index (χ0n) is 12.9. The lowest BCUT2D eigenvalue weighted by molar-refractivity contribution is 0.170. The molecule has 3 atom stereocenters. The summed E-state index contributed by atoms with van der Waals surface area (Å²) in [7, 11) is 0. The number of para-hydroxylation sites is 1. The van der Waals surface area contributed by atoms with Gasteiger partial charge in [-0.1, -0.05) is 24.6 Å². The fraction of sp³-hybridized carbons (Fsp3) is 0.611. The van der Waals surface area contributed by atoms with Crippen LogP contribution in [0, 0.1) is 17.3 Å². The monoisotopic (exact) mass is 283 g/mol. The highest BCUT2D eigenvalue weighted by molar-refractivity contribution is 5.82. The van der Waals surface area contributed by atoms with Crippen molar-refractivity contribution in [2.75, 3.05) is 6.54 Å². The molecule has 2 aliphatic carbocycles. The number of aromatic nitrogens is 2. The van der Waals surface area contributed by atoms with E-state index in [1.54, 1.807) is 0 Å². The molecule has 0 radical (unpaired) electrons. The van der Waals surface area contributed by atoms with E-state index in [0.29, 0.717) is 5.41 Å². The first-order valence-electron chi connectivity index (χ1n) is 8.40. The molecule has 0 saturated heterocycles. The first kappa shape index (κ1) is 13.3. The molecule has 3 heteroatoms. The van der Waals surface area contributed by atoms with Gasteiger partial charge in [-0.2, -0.15) is 5.10 Å². The number of nitrogens with zero attached hydrogens (tertiary/aromatic N) is 2. The number of fused-ring (bicyclic) bond motifs is 3. The van der Waals surface area contributed by atoms with Crippen molar-refractivity contribution in [1.29, 1.82) is 0 Å². The highest BCUT2D eigenvalue weighted by Gasteiger charge is 2.50. The zero-order valence-corrected chi connectivity index (χ0v) is 12.9. The molecule has 2 saturated carbocycles. The Morgan fingerprint density at radius 1 is 1.33 bits per heavy atom. The second-order valence-corrected chi connectivity index (χ2v) is 7.10. The van der Waals surface area contributed by atoms with Crippen LogP contribution >= 0.6 is 0 Å². The van der Waals surface area contributed by atoms with Crippen molar-refractivity contribution in [2.45, 2.75) is 45.6 Å². The molecule has 2 N–H and O–H groups in total. The van der Waals surface area contributed by atoms with E-state index in [-0.39, 0.29) is 0 Å². The van der Waals surface area contributed by atoms with Gasteiger partial charge < -0.3 is 5.73 Å². The van der Waals surface area contributed by atoms with E-state index in [2.05, 4.69) is 35.9 Å². The van der Waals surface area contributed by atoms with E-state index in [1.165, 1.54) is 42.3 Å². The fourth-order valence-corrected chi connectivity index (χ4v) is 5.00. The molecular weight excluding hydrogens is 258 g/mol. The molecule has 1 heterocycles. The second kappa shape index (κ2) is 4.84. The Bertz CT molecular complexity index is 660. The minimum absolute atomic E-state index is 0.318. The van der Waals surface area contributed by atoms with Crippen LogP contribution < -0.4 is 5.73 Å². The van der Waals surface area contributed by atoms with Gasteiger partial charge in [0.2, 0.25) is 0 Å². The lowest BCUT2D eigenvalue weighted by Crippen LogP contribution is -2.38. The summed E-state index contributed by atoms with van der Waals surface area (Å²) in [6, 6.07) is 8.64. The van der Waals surface area contributed by atoms with Crippen LogP contribution in [0.1, 0.15) is 38.3 Å². The summed E-state index contributed by atoms with van der Waals surface area (Å²) in [4.78, 5) is 0. The Morgan fingerprint density at radius 2 is 2.19 bits per heavy atom. The lowest BCUT2D eigenvalue weighted by atomic mass is 9.70. The standard InChI is InChI=1S/C18H25N3/c1-2-21-17-6-4-3-5-15(17)16(20-21)11-18(12-19)10-13-7-8-14(18)9-13/h3-6,13-14H,2,7-12,19H2,1H3. The van der Waals surface area contributed by atoms with Crippen molar-refractivity contribution >= 4 is 10.9 Å². The molecule has 2 bridgehead atoms. The van der Waals surface area contributed by atoms with Crippen LogP contribution in [0.3, 0.4) is 0 Å². The Balaban J connectivity index is 1.74. The molecule has 0 amide bonds. The van der Waals surface area contributed by atoms with Crippen molar-refractivity contribution in [3.8, 4) is 0 Å². The lowest BCUT2D eigenvalue weighted by Gasteiger charge is -2.36. The molecule has 4 rings (SSSR count). The van der Waals surface area contributed by atoms with E-state index in [0.717, 1.165) is 31.3 Å². The molecule has 3 nitrogen and oxygen atoms in total.